The standard InChI is InChI=1S/C33H21BrClN3O2S/c34-24-12-7-13-27(20-24)38-32(40)28(31(39)36-33(38)41)18-23-19-29(21-8-3-1-4-9-21)37(26-16-14-25(35)15-17-26)30(23)22-10-5-2-6-11-22/h1-20H,(H,36,39,41)/b28-18-. The van der Waals surface area contributed by atoms with Gasteiger partial charge in [-0.25, -0.2) is 0 Å². The topological polar surface area (TPSA) is 54.3 Å². The predicted molar refractivity (Wildman–Crippen MR) is 172 cm³/mol. The number of nitrogens with zero attached hydrogens (tertiary/aromatic N) is 2. The van der Waals surface area contributed by atoms with Crippen molar-refractivity contribution in [1.29, 1.82) is 0 Å². The summed E-state index contributed by atoms with van der Waals surface area (Å²) in [6, 6.07) is 36.6. The van der Waals surface area contributed by atoms with Crippen LogP contribution in [0, 0.1) is 0 Å². The predicted octanol–water partition coefficient (Wildman–Crippen LogP) is 8.06. The van der Waals surface area contributed by atoms with Crippen LogP contribution in [0.25, 0.3) is 34.3 Å². The van der Waals surface area contributed by atoms with E-state index in [0.29, 0.717) is 16.3 Å². The number of amides is 2. The minimum Gasteiger partial charge on any atom is -0.309 e. The lowest BCUT2D eigenvalue weighted by Crippen LogP contribution is -2.54. The first kappa shape index (κ1) is 26.9. The Hall–Kier alpha value is -4.30. The maximum Gasteiger partial charge on any atom is 0.270 e. The summed E-state index contributed by atoms with van der Waals surface area (Å²) in [6.07, 6.45) is 1.64. The Morgan fingerprint density at radius 2 is 1.41 bits per heavy atom. The lowest BCUT2D eigenvalue weighted by molar-refractivity contribution is -0.122. The monoisotopic (exact) mass is 637 g/mol. The van der Waals surface area contributed by atoms with Crippen LogP contribution in [0.4, 0.5) is 5.69 Å². The van der Waals surface area contributed by atoms with Gasteiger partial charge in [-0.3, -0.25) is 19.8 Å². The van der Waals surface area contributed by atoms with Crippen molar-refractivity contribution in [2.75, 3.05) is 4.90 Å². The van der Waals surface area contributed by atoms with E-state index in [9.17, 15) is 9.59 Å². The maximum atomic E-state index is 13.9. The maximum absolute atomic E-state index is 13.9. The van der Waals surface area contributed by atoms with E-state index in [0.717, 1.165) is 32.7 Å². The van der Waals surface area contributed by atoms with Crippen LogP contribution in [-0.4, -0.2) is 21.5 Å². The van der Waals surface area contributed by atoms with E-state index in [4.69, 9.17) is 23.8 Å². The Kier molecular flexibility index (Phi) is 7.41. The van der Waals surface area contributed by atoms with Crippen molar-refractivity contribution >= 4 is 68.4 Å². The molecule has 5 nitrogen and oxygen atoms in total. The van der Waals surface area contributed by atoms with Crippen LogP contribution >= 0.6 is 39.7 Å². The molecule has 0 spiro atoms. The van der Waals surface area contributed by atoms with Gasteiger partial charge in [-0.1, -0.05) is 94.3 Å². The third kappa shape index (κ3) is 5.27. The minimum absolute atomic E-state index is 0.0244. The number of hydrogen-bond donors (Lipinski definition) is 1. The molecular formula is C33H21BrClN3O2S. The van der Waals surface area contributed by atoms with Crippen molar-refractivity contribution in [2.45, 2.75) is 0 Å². The summed E-state index contributed by atoms with van der Waals surface area (Å²) in [5.41, 5.74) is 5.71. The average molecular weight is 639 g/mol. The van der Waals surface area contributed by atoms with Gasteiger partial charge in [-0.2, -0.15) is 0 Å². The molecule has 1 aromatic heterocycles. The summed E-state index contributed by atoms with van der Waals surface area (Å²) >= 11 is 15.1. The number of aromatic nitrogens is 1. The molecule has 4 aromatic carbocycles. The lowest BCUT2D eigenvalue weighted by Gasteiger charge is -2.29. The number of rotatable bonds is 5. The highest BCUT2D eigenvalue weighted by Crippen LogP contribution is 2.38. The molecule has 1 aliphatic rings. The molecule has 2 heterocycles. The van der Waals surface area contributed by atoms with E-state index in [2.05, 4.69) is 25.8 Å². The van der Waals surface area contributed by atoms with Gasteiger partial charge in [0.2, 0.25) is 0 Å². The van der Waals surface area contributed by atoms with Gasteiger partial charge in [0.1, 0.15) is 5.57 Å². The molecule has 1 saturated heterocycles. The molecule has 0 saturated carbocycles. The summed E-state index contributed by atoms with van der Waals surface area (Å²) in [7, 11) is 0. The number of benzene rings is 4. The SMILES string of the molecule is O=C1NC(=S)N(c2cccc(Br)c2)C(=O)/C1=C\c1cc(-c2ccccc2)n(-c2ccc(Cl)cc2)c1-c1ccccc1. The van der Waals surface area contributed by atoms with Gasteiger partial charge in [-0.15, -0.1) is 0 Å². The van der Waals surface area contributed by atoms with Crippen molar-refractivity contribution in [3.8, 4) is 28.2 Å². The van der Waals surface area contributed by atoms with Crippen molar-refractivity contribution < 1.29 is 9.59 Å². The van der Waals surface area contributed by atoms with E-state index in [1.54, 1.807) is 24.3 Å². The van der Waals surface area contributed by atoms with Crippen LogP contribution in [0.3, 0.4) is 0 Å². The van der Waals surface area contributed by atoms with Crippen molar-refractivity contribution in [1.82, 2.24) is 9.88 Å². The largest absolute Gasteiger partial charge is 0.309 e. The summed E-state index contributed by atoms with van der Waals surface area (Å²) in [6.45, 7) is 0. The smallest absolute Gasteiger partial charge is 0.270 e. The van der Waals surface area contributed by atoms with Crippen LogP contribution in [0.5, 0.6) is 0 Å². The van der Waals surface area contributed by atoms with Gasteiger partial charge < -0.3 is 4.57 Å². The second-order valence-electron chi connectivity index (χ2n) is 9.32. The van der Waals surface area contributed by atoms with Crippen LogP contribution < -0.4 is 10.2 Å². The third-order valence-corrected chi connectivity index (χ3v) is 7.73. The Labute approximate surface area is 255 Å². The Morgan fingerprint density at radius 3 is 2.07 bits per heavy atom. The first-order chi connectivity index (χ1) is 19.9. The number of thiocarbonyl (C=S) groups is 1. The molecule has 0 aliphatic carbocycles. The zero-order chi connectivity index (χ0) is 28.5. The zero-order valence-corrected chi connectivity index (χ0v) is 24.6. The van der Waals surface area contributed by atoms with E-state index < -0.39 is 11.8 Å². The highest BCUT2D eigenvalue weighted by molar-refractivity contribution is 9.10. The van der Waals surface area contributed by atoms with Crippen molar-refractivity contribution in [2.24, 2.45) is 0 Å². The van der Waals surface area contributed by atoms with Crippen LogP contribution in [0.15, 0.2) is 125 Å². The zero-order valence-electron chi connectivity index (χ0n) is 21.4. The molecule has 0 unspecified atom stereocenters. The molecule has 5 aromatic rings. The molecule has 0 bridgehead atoms. The Bertz CT molecular complexity index is 1830. The molecule has 0 atom stereocenters. The summed E-state index contributed by atoms with van der Waals surface area (Å²) in [4.78, 5) is 28.4. The van der Waals surface area contributed by atoms with Gasteiger partial charge in [0.15, 0.2) is 5.11 Å². The fourth-order valence-electron chi connectivity index (χ4n) is 4.87. The Balaban J connectivity index is 1.60. The van der Waals surface area contributed by atoms with Crippen molar-refractivity contribution in [3.05, 3.63) is 136 Å². The summed E-state index contributed by atoms with van der Waals surface area (Å²) in [5.74, 6) is -1.05. The van der Waals surface area contributed by atoms with Gasteiger partial charge in [0, 0.05) is 20.7 Å². The number of halogens is 2. The lowest BCUT2D eigenvalue weighted by atomic mass is 10.0. The fourth-order valence-corrected chi connectivity index (χ4v) is 5.67. The molecule has 41 heavy (non-hydrogen) atoms. The van der Waals surface area contributed by atoms with Crippen LogP contribution in [-0.2, 0) is 9.59 Å². The number of nitrogens with one attached hydrogen (secondary N) is 1. The summed E-state index contributed by atoms with van der Waals surface area (Å²) < 4.78 is 2.90. The molecule has 1 fully saturated rings. The molecule has 200 valence electrons. The van der Waals surface area contributed by atoms with Crippen LogP contribution in [0.2, 0.25) is 5.02 Å². The molecule has 8 heteroatoms. The molecule has 0 radical (unpaired) electrons. The number of anilines is 1. The summed E-state index contributed by atoms with van der Waals surface area (Å²) in [5, 5.41) is 3.34. The first-order valence-corrected chi connectivity index (χ1v) is 14.3. The van der Waals surface area contributed by atoms with Gasteiger partial charge >= 0.3 is 0 Å². The molecule has 1 aliphatic heterocycles. The quantitative estimate of drug-likeness (QED) is 0.120. The van der Waals surface area contributed by atoms with E-state index in [1.165, 1.54) is 4.90 Å². The van der Waals surface area contributed by atoms with E-state index in [1.807, 2.05) is 97.1 Å². The van der Waals surface area contributed by atoms with E-state index >= 15 is 0 Å². The molecule has 1 N–H and O–H groups in total. The number of carbonyl (C=O) groups excluding carboxylic acids is 2. The second-order valence-corrected chi connectivity index (χ2v) is 11.1. The van der Waals surface area contributed by atoms with Gasteiger partial charge in [-0.05, 0) is 78.0 Å². The normalized spacial score (nSPS) is 14.4. The average Bonchev–Trinajstić information content (AvgIpc) is 3.36. The van der Waals surface area contributed by atoms with Crippen molar-refractivity contribution in [3.63, 3.8) is 0 Å². The highest BCUT2D eigenvalue weighted by Gasteiger charge is 2.35. The Morgan fingerprint density at radius 1 is 0.756 bits per heavy atom. The number of carbonyl (C=O) groups is 2. The third-order valence-electron chi connectivity index (χ3n) is 6.70. The van der Waals surface area contributed by atoms with E-state index in [-0.39, 0.29) is 10.7 Å². The van der Waals surface area contributed by atoms with Gasteiger partial charge in [0.05, 0.1) is 17.1 Å². The van der Waals surface area contributed by atoms with Gasteiger partial charge in [0.25, 0.3) is 11.8 Å². The fraction of sp³-hybridized carbons (Fsp3) is 0. The highest BCUT2D eigenvalue weighted by atomic mass is 79.9. The number of hydrogen-bond acceptors (Lipinski definition) is 3. The van der Waals surface area contributed by atoms with Crippen LogP contribution in [0.1, 0.15) is 5.56 Å². The molecular weight excluding hydrogens is 618 g/mol. The first-order valence-electron chi connectivity index (χ1n) is 12.7. The second kappa shape index (κ2) is 11.3. The molecule has 6 rings (SSSR count). The molecule has 2 amide bonds. The minimum atomic E-state index is -0.550.